The summed E-state index contributed by atoms with van der Waals surface area (Å²) in [7, 11) is 0. The average molecular weight is 320 g/mol. The number of amides is 1. The number of aliphatic carboxylic acids is 1. The molecule has 0 aromatic carbocycles. The monoisotopic (exact) mass is 319 g/mol. The lowest BCUT2D eigenvalue weighted by atomic mass is 9.85. The summed E-state index contributed by atoms with van der Waals surface area (Å²) in [5.41, 5.74) is -1.39. The Morgan fingerprint density at radius 3 is 2.71 bits per heavy atom. The first-order chi connectivity index (χ1) is 8.04. The molecule has 0 unspecified atom stereocenters. The van der Waals surface area contributed by atoms with Crippen molar-refractivity contribution in [2.45, 2.75) is 6.54 Å². The lowest BCUT2D eigenvalue weighted by Gasteiger charge is -2.35. The highest BCUT2D eigenvalue weighted by atomic mass is 79.9. The highest BCUT2D eigenvalue weighted by molar-refractivity contribution is 9.10. The molecule has 1 aromatic rings. The van der Waals surface area contributed by atoms with Crippen LogP contribution in [0.25, 0.3) is 0 Å². The van der Waals surface area contributed by atoms with Crippen molar-refractivity contribution < 1.29 is 19.4 Å². The van der Waals surface area contributed by atoms with Crippen molar-refractivity contribution in [3.8, 4) is 0 Å². The van der Waals surface area contributed by atoms with Crippen molar-refractivity contribution >= 4 is 39.1 Å². The largest absolute Gasteiger partial charge is 0.480 e. The first-order valence-corrected chi connectivity index (χ1v) is 6.54. The van der Waals surface area contributed by atoms with E-state index in [0.717, 1.165) is 9.35 Å². The van der Waals surface area contributed by atoms with Gasteiger partial charge in [0.25, 0.3) is 0 Å². The number of carboxylic acids is 1. The lowest BCUT2D eigenvalue weighted by molar-refractivity contribution is -0.185. The summed E-state index contributed by atoms with van der Waals surface area (Å²) < 4.78 is 5.78. The summed E-state index contributed by atoms with van der Waals surface area (Å²) in [5.74, 6) is -1.62. The third-order valence-electron chi connectivity index (χ3n) is 2.59. The molecule has 7 heteroatoms. The summed E-state index contributed by atoms with van der Waals surface area (Å²) in [6.07, 6.45) is 0. The predicted molar refractivity (Wildman–Crippen MR) is 64.8 cm³/mol. The number of hydrogen-bond acceptors (Lipinski definition) is 4. The third kappa shape index (κ3) is 2.36. The van der Waals surface area contributed by atoms with Gasteiger partial charge >= 0.3 is 5.97 Å². The maximum atomic E-state index is 11.8. The summed E-state index contributed by atoms with van der Waals surface area (Å²) in [6, 6.07) is 1.88. The summed E-state index contributed by atoms with van der Waals surface area (Å²) in [6.45, 7) is 0.231. The topological polar surface area (TPSA) is 75.6 Å². The molecule has 17 heavy (non-hydrogen) atoms. The minimum atomic E-state index is -1.39. The quantitative estimate of drug-likeness (QED) is 0.818. The minimum Gasteiger partial charge on any atom is -0.480 e. The Hall–Kier alpha value is -0.920. The van der Waals surface area contributed by atoms with Gasteiger partial charge in [-0.2, -0.15) is 0 Å². The molecule has 0 aliphatic carbocycles. The number of hydrogen-bond donors (Lipinski definition) is 2. The van der Waals surface area contributed by atoms with E-state index >= 15 is 0 Å². The number of carbonyl (C=O) groups is 2. The van der Waals surface area contributed by atoms with Crippen LogP contribution in [-0.2, 0) is 20.9 Å². The number of nitrogens with one attached hydrogen (secondary N) is 1. The van der Waals surface area contributed by atoms with Crippen molar-refractivity contribution in [3.05, 3.63) is 20.8 Å². The molecule has 1 saturated heterocycles. The zero-order chi connectivity index (χ0) is 12.5. The fraction of sp³-hybridized carbons (Fsp3) is 0.400. The van der Waals surface area contributed by atoms with Crippen molar-refractivity contribution in [1.82, 2.24) is 5.32 Å². The van der Waals surface area contributed by atoms with E-state index in [2.05, 4.69) is 21.2 Å². The highest BCUT2D eigenvalue weighted by Crippen LogP contribution is 2.28. The number of rotatable bonds is 4. The lowest BCUT2D eigenvalue weighted by Crippen LogP contribution is -2.58. The SMILES string of the molecule is O=C(O)C1(C(=O)NCc2cc(Br)cs2)COC1. The molecule has 1 aliphatic heterocycles. The molecule has 2 heterocycles. The maximum Gasteiger partial charge on any atom is 0.324 e. The molecule has 0 atom stereocenters. The average Bonchev–Trinajstić information content (AvgIpc) is 2.59. The standard InChI is InChI=1S/C10H10BrNO4S/c11-6-1-7(17-3-6)2-12-8(13)10(9(14)15)4-16-5-10/h1,3H,2,4-5H2,(H,12,13)(H,14,15). The molecule has 0 saturated carbocycles. The summed E-state index contributed by atoms with van der Waals surface area (Å²) in [5, 5.41) is 13.5. The molecule has 1 aliphatic rings. The van der Waals surface area contributed by atoms with Crippen LogP contribution in [0.5, 0.6) is 0 Å². The Labute approximate surface area is 110 Å². The molecule has 1 amide bonds. The Bertz CT molecular complexity index is 455. The minimum absolute atomic E-state index is 0.0533. The van der Waals surface area contributed by atoms with Crippen LogP contribution in [-0.4, -0.2) is 30.2 Å². The molecular formula is C10H10BrNO4S. The molecule has 2 N–H and O–H groups in total. The molecule has 0 bridgehead atoms. The normalized spacial score (nSPS) is 17.2. The van der Waals surface area contributed by atoms with Gasteiger partial charge in [-0.25, -0.2) is 0 Å². The van der Waals surface area contributed by atoms with E-state index in [1.54, 1.807) is 0 Å². The molecule has 0 radical (unpaired) electrons. The summed E-state index contributed by atoms with van der Waals surface area (Å²) in [4.78, 5) is 23.8. The molecule has 5 nitrogen and oxygen atoms in total. The van der Waals surface area contributed by atoms with Gasteiger partial charge in [-0.1, -0.05) is 0 Å². The Balaban J connectivity index is 1.95. The van der Waals surface area contributed by atoms with Gasteiger partial charge in [0.1, 0.15) is 0 Å². The van der Waals surface area contributed by atoms with E-state index in [4.69, 9.17) is 9.84 Å². The Morgan fingerprint density at radius 2 is 2.29 bits per heavy atom. The molecular weight excluding hydrogens is 310 g/mol. The van der Waals surface area contributed by atoms with Crippen molar-refractivity contribution in [2.24, 2.45) is 5.41 Å². The van der Waals surface area contributed by atoms with E-state index < -0.39 is 17.3 Å². The second-order valence-corrected chi connectivity index (χ2v) is 5.71. The van der Waals surface area contributed by atoms with E-state index in [1.807, 2.05) is 11.4 Å². The van der Waals surface area contributed by atoms with Crippen molar-refractivity contribution in [3.63, 3.8) is 0 Å². The van der Waals surface area contributed by atoms with Crippen LogP contribution in [0.3, 0.4) is 0 Å². The Kier molecular flexibility index (Phi) is 3.50. The van der Waals surface area contributed by atoms with Gasteiger partial charge in [0.15, 0.2) is 5.41 Å². The van der Waals surface area contributed by atoms with Crippen molar-refractivity contribution in [1.29, 1.82) is 0 Å². The first-order valence-electron chi connectivity index (χ1n) is 4.87. The zero-order valence-electron chi connectivity index (χ0n) is 8.73. The second kappa shape index (κ2) is 4.75. The predicted octanol–water partition coefficient (Wildman–Crippen LogP) is 1.23. The van der Waals surface area contributed by atoms with Gasteiger partial charge < -0.3 is 15.2 Å². The number of thiophene rings is 1. The van der Waals surface area contributed by atoms with Crippen LogP contribution < -0.4 is 5.32 Å². The van der Waals surface area contributed by atoms with Crippen LogP contribution in [0, 0.1) is 5.41 Å². The van der Waals surface area contributed by atoms with Crippen LogP contribution >= 0.6 is 27.3 Å². The number of halogens is 1. The second-order valence-electron chi connectivity index (χ2n) is 3.79. The highest BCUT2D eigenvalue weighted by Gasteiger charge is 2.53. The van der Waals surface area contributed by atoms with Gasteiger partial charge in [0.05, 0.1) is 19.8 Å². The molecule has 1 fully saturated rings. The van der Waals surface area contributed by atoms with Crippen molar-refractivity contribution in [2.75, 3.05) is 13.2 Å². The fourth-order valence-corrected chi connectivity index (χ4v) is 2.83. The fourth-order valence-electron chi connectivity index (χ4n) is 1.44. The van der Waals surface area contributed by atoms with Crippen LogP contribution in [0.15, 0.2) is 15.9 Å². The van der Waals surface area contributed by atoms with Crippen LogP contribution in [0.4, 0.5) is 0 Å². The smallest absolute Gasteiger partial charge is 0.324 e. The van der Waals surface area contributed by atoms with E-state index in [0.29, 0.717) is 6.54 Å². The van der Waals surface area contributed by atoms with Gasteiger partial charge in [0, 0.05) is 14.7 Å². The first kappa shape index (κ1) is 12.5. The third-order valence-corrected chi connectivity index (χ3v) is 4.28. The van der Waals surface area contributed by atoms with E-state index in [-0.39, 0.29) is 13.2 Å². The number of ether oxygens (including phenoxy) is 1. The number of carbonyl (C=O) groups excluding carboxylic acids is 1. The molecule has 92 valence electrons. The van der Waals surface area contributed by atoms with Gasteiger partial charge in [-0.05, 0) is 22.0 Å². The van der Waals surface area contributed by atoms with Gasteiger partial charge in [-0.15, -0.1) is 11.3 Å². The van der Waals surface area contributed by atoms with Crippen LogP contribution in [0.2, 0.25) is 0 Å². The molecule has 0 spiro atoms. The summed E-state index contributed by atoms with van der Waals surface area (Å²) >= 11 is 4.81. The Morgan fingerprint density at radius 1 is 1.59 bits per heavy atom. The van der Waals surface area contributed by atoms with E-state index in [9.17, 15) is 9.59 Å². The number of carboxylic acid groups (broad SMARTS) is 1. The van der Waals surface area contributed by atoms with Gasteiger partial charge in [0.2, 0.25) is 5.91 Å². The zero-order valence-corrected chi connectivity index (χ0v) is 11.1. The van der Waals surface area contributed by atoms with E-state index in [1.165, 1.54) is 11.3 Å². The van der Waals surface area contributed by atoms with Gasteiger partial charge in [-0.3, -0.25) is 9.59 Å². The maximum absolute atomic E-state index is 11.8. The molecule has 1 aromatic heterocycles. The molecule has 2 rings (SSSR count). The van der Waals surface area contributed by atoms with Crippen LogP contribution in [0.1, 0.15) is 4.88 Å².